The van der Waals surface area contributed by atoms with E-state index in [1.165, 1.54) is 77.0 Å². The molecule has 0 heterocycles. The highest BCUT2D eigenvalue weighted by Gasteiger charge is 2.32. The first-order valence-electron chi connectivity index (χ1n) is 11.7. The van der Waals surface area contributed by atoms with Gasteiger partial charge in [0.25, 0.3) is 0 Å². The van der Waals surface area contributed by atoms with Gasteiger partial charge in [-0.1, -0.05) is 86.0 Å². The molecule has 2 nitrogen and oxygen atoms in total. The van der Waals surface area contributed by atoms with Crippen LogP contribution in [0.5, 0.6) is 0 Å². The lowest BCUT2D eigenvalue weighted by atomic mass is 9.77. The zero-order chi connectivity index (χ0) is 21.3. The molecule has 0 aliphatic rings. The molecule has 0 aromatic heterocycles. The van der Waals surface area contributed by atoms with E-state index in [2.05, 4.69) is 36.9 Å². The van der Waals surface area contributed by atoms with E-state index in [1.807, 2.05) is 6.92 Å². The summed E-state index contributed by atoms with van der Waals surface area (Å²) >= 11 is 0. The Morgan fingerprint density at radius 2 is 1.19 bits per heavy atom. The fraction of sp³-hybridized carbons (Fsp3) is 0.958. The molecule has 1 unspecified atom stereocenters. The second-order valence-corrected chi connectivity index (χ2v) is 10.1. The van der Waals surface area contributed by atoms with E-state index in [-0.39, 0.29) is 0 Å². The number of carbonyl (C=O) groups is 1. The van der Waals surface area contributed by atoms with Gasteiger partial charge in [-0.05, 0) is 57.0 Å². The summed E-state index contributed by atoms with van der Waals surface area (Å²) in [6.45, 7) is 14.6. The molecule has 0 amide bonds. The Balaban J connectivity index is 0. The lowest BCUT2D eigenvalue weighted by Gasteiger charge is -2.38. The third-order valence-electron chi connectivity index (χ3n) is 6.08. The highest BCUT2D eigenvalue weighted by Crippen LogP contribution is 2.43. The minimum Gasteiger partial charge on any atom is -0.481 e. The van der Waals surface area contributed by atoms with Crippen LogP contribution < -0.4 is 0 Å². The van der Waals surface area contributed by atoms with Gasteiger partial charge < -0.3 is 5.11 Å². The van der Waals surface area contributed by atoms with Crippen molar-refractivity contribution in [1.82, 2.24) is 0 Å². The first-order chi connectivity index (χ1) is 12.6. The first kappa shape index (κ1) is 29.1. The van der Waals surface area contributed by atoms with Crippen LogP contribution in [-0.4, -0.2) is 16.2 Å². The topological polar surface area (TPSA) is 37.3 Å². The highest BCUT2D eigenvalue weighted by atomic mass is 31.0. The van der Waals surface area contributed by atoms with Gasteiger partial charge in [-0.25, -0.2) is 0 Å². The molecule has 0 aliphatic heterocycles. The van der Waals surface area contributed by atoms with Crippen LogP contribution in [0.4, 0.5) is 0 Å². The molecule has 0 saturated carbocycles. The van der Waals surface area contributed by atoms with Gasteiger partial charge >= 0.3 is 5.97 Å². The molecule has 0 fully saturated rings. The molecule has 0 rings (SSSR count). The van der Waals surface area contributed by atoms with Gasteiger partial charge in [0.15, 0.2) is 0 Å². The van der Waals surface area contributed by atoms with E-state index < -0.39 is 11.4 Å². The van der Waals surface area contributed by atoms with Crippen molar-refractivity contribution in [1.29, 1.82) is 0 Å². The van der Waals surface area contributed by atoms with Crippen LogP contribution in [0.15, 0.2) is 0 Å². The number of unbranched alkanes of at least 4 members (excludes halogenated alkanes) is 4. The number of carboxylic acids is 1. The minimum atomic E-state index is -0.722. The van der Waals surface area contributed by atoms with E-state index in [0.29, 0.717) is 11.6 Å². The fourth-order valence-electron chi connectivity index (χ4n) is 3.32. The molecule has 0 radical (unpaired) electrons. The zero-order valence-corrected chi connectivity index (χ0v) is 20.9. The molecule has 0 spiro atoms. The van der Waals surface area contributed by atoms with Crippen LogP contribution in [0.25, 0.3) is 0 Å². The molecule has 164 valence electrons. The fourth-order valence-corrected chi connectivity index (χ4v) is 4.06. The van der Waals surface area contributed by atoms with Crippen LogP contribution in [0.3, 0.4) is 0 Å². The van der Waals surface area contributed by atoms with Crippen LogP contribution in [0.2, 0.25) is 0 Å². The molecular formula is C24H51O2P. The zero-order valence-electron chi connectivity index (χ0n) is 19.7. The van der Waals surface area contributed by atoms with Crippen molar-refractivity contribution >= 4 is 15.2 Å². The number of hydrogen-bond donors (Lipinski definition) is 1. The molecule has 27 heavy (non-hydrogen) atoms. The number of hydrogen-bond acceptors (Lipinski definition) is 1. The Labute approximate surface area is 173 Å². The Bertz CT molecular complexity index is 336. The van der Waals surface area contributed by atoms with Crippen LogP contribution in [0, 0.1) is 11.3 Å². The summed E-state index contributed by atoms with van der Waals surface area (Å²) in [6.07, 6.45) is 17.5. The molecule has 1 atom stereocenters. The van der Waals surface area contributed by atoms with Crippen molar-refractivity contribution in [2.75, 3.05) is 0 Å². The molecular weight excluding hydrogens is 351 g/mol. The van der Waals surface area contributed by atoms with E-state index in [1.54, 1.807) is 13.8 Å². The SMILES string of the molecule is CCC(C)(C)C(=O)O.CCCCC(CCCC)C(P)(CCCC)CCCC. The summed E-state index contributed by atoms with van der Waals surface area (Å²) in [7, 11) is 3.32. The summed E-state index contributed by atoms with van der Waals surface area (Å²) in [4.78, 5) is 10.3. The van der Waals surface area contributed by atoms with Gasteiger partial charge in [-0.2, -0.15) is 0 Å². The summed E-state index contributed by atoms with van der Waals surface area (Å²) in [6, 6.07) is 0. The predicted molar refractivity (Wildman–Crippen MR) is 126 cm³/mol. The second kappa shape index (κ2) is 16.8. The summed E-state index contributed by atoms with van der Waals surface area (Å²) in [5.74, 6) is 0.218. The maximum absolute atomic E-state index is 10.3. The van der Waals surface area contributed by atoms with Crippen LogP contribution >= 0.6 is 9.24 Å². The Morgan fingerprint density at radius 1 is 0.815 bits per heavy atom. The minimum absolute atomic E-state index is 0.538. The van der Waals surface area contributed by atoms with Crippen LogP contribution in [-0.2, 0) is 4.79 Å². The first-order valence-corrected chi connectivity index (χ1v) is 12.2. The van der Waals surface area contributed by atoms with E-state index in [4.69, 9.17) is 5.11 Å². The molecule has 0 bridgehead atoms. The van der Waals surface area contributed by atoms with Crippen molar-refractivity contribution in [3.05, 3.63) is 0 Å². The quantitative estimate of drug-likeness (QED) is 0.279. The van der Waals surface area contributed by atoms with Gasteiger partial charge in [0.1, 0.15) is 0 Å². The van der Waals surface area contributed by atoms with Gasteiger partial charge in [0.05, 0.1) is 5.41 Å². The molecule has 0 aromatic carbocycles. The van der Waals surface area contributed by atoms with Gasteiger partial charge in [-0.15, -0.1) is 9.24 Å². The van der Waals surface area contributed by atoms with Gasteiger partial charge in [0.2, 0.25) is 0 Å². The summed E-state index contributed by atoms with van der Waals surface area (Å²) in [5, 5.41) is 8.98. The Morgan fingerprint density at radius 3 is 1.41 bits per heavy atom. The second-order valence-electron chi connectivity index (χ2n) is 8.96. The number of aliphatic carboxylic acids is 1. The smallest absolute Gasteiger partial charge is 0.309 e. The van der Waals surface area contributed by atoms with Crippen molar-refractivity contribution in [3.8, 4) is 0 Å². The molecule has 0 aliphatic carbocycles. The van der Waals surface area contributed by atoms with Crippen molar-refractivity contribution in [3.63, 3.8) is 0 Å². The van der Waals surface area contributed by atoms with Gasteiger partial charge in [-0.3, -0.25) is 4.79 Å². The maximum Gasteiger partial charge on any atom is 0.309 e. The normalized spacial score (nSPS) is 12.0. The van der Waals surface area contributed by atoms with Gasteiger partial charge in [0, 0.05) is 0 Å². The summed E-state index contributed by atoms with van der Waals surface area (Å²) < 4.78 is 0. The highest BCUT2D eigenvalue weighted by molar-refractivity contribution is 7.19. The lowest BCUT2D eigenvalue weighted by Crippen LogP contribution is -2.32. The Hall–Kier alpha value is -0.100. The molecule has 0 aromatic rings. The van der Waals surface area contributed by atoms with Crippen molar-refractivity contribution in [2.24, 2.45) is 11.3 Å². The average molecular weight is 403 g/mol. The van der Waals surface area contributed by atoms with Crippen LogP contribution in [0.1, 0.15) is 132 Å². The third-order valence-corrected chi connectivity index (χ3v) is 7.13. The molecule has 0 saturated heterocycles. The number of rotatable bonds is 15. The van der Waals surface area contributed by atoms with E-state index in [0.717, 1.165) is 5.92 Å². The molecule has 3 heteroatoms. The average Bonchev–Trinajstić information content (AvgIpc) is 2.65. The standard InChI is InChI=1S/C18H39P.C6H12O2/c1-5-9-13-17(14-10-6-2)18(19,15-11-7-3)16-12-8-4;1-4-6(2,3)5(7)8/h17H,5-16,19H2,1-4H3;4H2,1-3H3,(H,7,8). The van der Waals surface area contributed by atoms with Crippen molar-refractivity contribution < 1.29 is 9.90 Å². The summed E-state index contributed by atoms with van der Waals surface area (Å²) in [5.41, 5.74) is -0.542. The number of carboxylic acid groups (broad SMARTS) is 1. The lowest BCUT2D eigenvalue weighted by molar-refractivity contribution is -0.147. The Kier molecular flexibility index (Phi) is 18.1. The van der Waals surface area contributed by atoms with E-state index >= 15 is 0 Å². The predicted octanol–water partition coefficient (Wildman–Crippen LogP) is 8.48. The molecule has 1 N–H and O–H groups in total. The maximum atomic E-state index is 10.3. The van der Waals surface area contributed by atoms with Crippen molar-refractivity contribution in [2.45, 2.75) is 137 Å². The largest absolute Gasteiger partial charge is 0.481 e. The van der Waals surface area contributed by atoms with E-state index in [9.17, 15) is 4.79 Å². The third kappa shape index (κ3) is 13.7. The monoisotopic (exact) mass is 402 g/mol.